The summed E-state index contributed by atoms with van der Waals surface area (Å²) in [5, 5.41) is 6.00. The molecule has 2 aromatic heterocycles. The third-order valence-electron chi connectivity index (χ3n) is 4.84. The average molecular weight is 403 g/mol. The summed E-state index contributed by atoms with van der Waals surface area (Å²) in [6.07, 6.45) is 4.79. The highest BCUT2D eigenvalue weighted by molar-refractivity contribution is 7.09. The van der Waals surface area contributed by atoms with Crippen LogP contribution in [-0.4, -0.2) is 53.4 Å². The van der Waals surface area contributed by atoms with Gasteiger partial charge in [-0.1, -0.05) is 6.92 Å². The van der Waals surface area contributed by atoms with Gasteiger partial charge in [0.2, 0.25) is 11.8 Å². The van der Waals surface area contributed by atoms with Crippen LogP contribution in [0.3, 0.4) is 0 Å². The largest absolute Gasteiger partial charge is 0.481 e. The van der Waals surface area contributed by atoms with Crippen molar-refractivity contribution in [1.29, 1.82) is 0 Å². The Morgan fingerprint density at radius 2 is 2.25 bits per heavy atom. The highest BCUT2D eigenvalue weighted by atomic mass is 32.1. The molecule has 28 heavy (non-hydrogen) atoms. The van der Waals surface area contributed by atoms with E-state index in [1.165, 1.54) is 0 Å². The molecular weight excluding hydrogens is 376 g/mol. The predicted molar refractivity (Wildman–Crippen MR) is 108 cm³/mol. The maximum Gasteiger partial charge on any atom is 0.255 e. The monoisotopic (exact) mass is 402 g/mol. The maximum atomic E-state index is 12.8. The normalized spacial score (nSPS) is 16.6. The Bertz CT molecular complexity index is 806. The van der Waals surface area contributed by atoms with Crippen molar-refractivity contribution in [3.05, 3.63) is 40.0 Å². The fourth-order valence-corrected chi connectivity index (χ4v) is 4.24. The second kappa shape index (κ2) is 9.64. The van der Waals surface area contributed by atoms with E-state index >= 15 is 0 Å². The molecule has 0 aliphatic carbocycles. The lowest BCUT2D eigenvalue weighted by Crippen LogP contribution is -2.39. The summed E-state index contributed by atoms with van der Waals surface area (Å²) in [6, 6.07) is 3.46. The molecule has 0 spiro atoms. The SMILES string of the molecule is CCC(=O)NCCc1csc([C@H]2CCCN(C(=O)c3ccc(OC)nc3)C2)n1. The summed E-state index contributed by atoms with van der Waals surface area (Å²) in [6.45, 7) is 3.87. The molecule has 1 aliphatic rings. The lowest BCUT2D eigenvalue weighted by atomic mass is 9.98. The Labute approximate surface area is 169 Å². The standard InChI is InChI=1S/C20H26N4O3S/c1-3-17(25)21-9-8-16-13-28-19(23-16)15-5-4-10-24(12-15)20(26)14-6-7-18(27-2)22-11-14/h6-7,11,13,15H,3-5,8-10,12H2,1-2H3,(H,21,25)/t15-/m0/s1. The lowest BCUT2D eigenvalue weighted by molar-refractivity contribution is -0.120. The molecule has 8 heteroatoms. The first-order chi connectivity index (χ1) is 13.6. The van der Waals surface area contributed by atoms with Gasteiger partial charge in [0.25, 0.3) is 5.91 Å². The van der Waals surface area contributed by atoms with Gasteiger partial charge in [0.05, 0.1) is 23.4 Å². The van der Waals surface area contributed by atoms with Gasteiger partial charge in [0.15, 0.2) is 0 Å². The van der Waals surface area contributed by atoms with Gasteiger partial charge in [0, 0.05) is 56.0 Å². The molecule has 1 saturated heterocycles. The van der Waals surface area contributed by atoms with Crippen molar-refractivity contribution in [3.63, 3.8) is 0 Å². The van der Waals surface area contributed by atoms with Crippen LogP contribution in [0.25, 0.3) is 0 Å². The Balaban J connectivity index is 1.58. The van der Waals surface area contributed by atoms with E-state index < -0.39 is 0 Å². The molecule has 3 rings (SSSR count). The smallest absolute Gasteiger partial charge is 0.255 e. The van der Waals surface area contributed by atoms with Gasteiger partial charge >= 0.3 is 0 Å². The van der Waals surface area contributed by atoms with Crippen LogP contribution >= 0.6 is 11.3 Å². The highest BCUT2D eigenvalue weighted by Crippen LogP contribution is 2.30. The molecule has 0 saturated carbocycles. The number of piperidine rings is 1. The van der Waals surface area contributed by atoms with Gasteiger partial charge in [0.1, 0.15) is 0 Å². The van der Waals surface area contributed by atoms with Gasteiger partial charge in [-0.3, -0.25) is 9.59 Å². The number of likely N-dealkylation sites (tertiary alicyclic amines) is 1. The van der Waals surface area contributed by atoms with Crippen LogP contribution in [0.4, 0.5) is 0 Å². The first-order valence-corrected chi connectivity index (χ1v) is 10.5. The van der Waals surface area contributed by atoms with Gasteiger partial charge in [-0.25, -0.2) is 9.97 Å². The fraction of sp³-hybridized carbons (Fsp3) is 0.500. The van der Waals surface area contributed by atoms with Crippen molar-refractivity contribution < 1.29 is 14.3 Å². The van der Waals surface area contributed by atoms with E-state index in [2.05, 4.69) is 15.7 Å². The number of hydrogen-bond donors (Lipinski definition) is 1. The molecule has 0 unspecified atom stereocenters. The van der Waals surface area contributed by atoms with Crippen LogP contribution in [0.2, 0.25) is 0 Å². The van der Waals surface area contributed by atoms with E-state index in [1.807, 2.05) is 11.8 Å². The summed E-state index contributed by atoms with van der Waals surface area (Å²) < 4.78 is 5.05. The molecule has 2 amide bonds. The minimum absolute atomic E-state index is 0.00101. The molecular formula is C20H26N4O3S. The summed E-state index contributed by atoms with van der Waals surface area (Å²) in [4.78, 5) is 34.9. The number of carbonyl (C=O) groups is 2. The molecule has 1 aliphatic heterocycles. The second-order valence-corrected chi connectivity index (χ2v) is 7.70. The second-order valence-electron chi connectivity index (χ2n) is 6.81. The van der Waals surface area contributed by atoms with Crippen LogP contribution < -0.4 is 10.1 Å². The zero-order valence-electron chi connectivity index (χ0n) is 16.3. The molecule has 7 nitrogen and oxygen atoms in total. The minimum Gasteiger partial charge on any atom is -0.481 e. The van der Waals surface area contributed by atoms with E-state index in [1.54, 1.807) is 36.8 Å². The number of pyridine rings is 1. The first-order valence-electron chi connectivity index (χ1n) is 9.61. The molecule has 0 aromatic carbocycles. The van der Waals surface area contributed by atoms with Gasteiger partial charge < -0.3 is 15.0 Å². The number of ether oxygens (including phenoxy) is 1. The average Bonchev–Trinajstić information content (AvgIpc) is 3.22. The van der Waals surface area contributed by atoms with E-state index in [9.17, 15) is 9.59 Å². The van der Waals surface area contributed by atoms with E-state index in [0.717, 1.165) is 36.5 Å². The molecule has 0 bridgehead atoms. The van der Waals surface area contributed by atoms with E-state index in [-0.39, 0.29) is 17.7 Å². The highest BCUT2D eigenvalue weighted by Gasteiger charge is 2.27. The number of hydrogen-bond acceptors (Lipinski definition) is 6. The molecule has 150 valence electrons. The Hall–Kier alpha value is -2.48. The third kappa shape index (κ3) is 5.07. The quantitative estimate of drug-likeness (QED) is 0.770. The number of nitrogens with zero attached hydrogens (tertiary/aromatic N) is 3. The molecule has 2 aromatic rings. The zero-order valence-corrected chi connectivity index (χ0v) is 17.1. The van der Waals surface area contributed by atoms with Crippen molar-refractivity contribution in [2.45, 2.75) is 38.5 Å². The number of nitrogens with one attached hydrogen (secondary N) is 1. The minimum atomic E-state index is -0.00101. The predicted octanol–water partition coefficient (Wildman–Crippen LogP) is 2.64. The van der Waals surface area contributed by atoms with Crippen molar-refractivity contribution in [2.24, 2.45) is 0 Å². The number of methoxy groups -OCH3 is 1. The molecule has 1 fully saturated rings. The number of amides is 2. The fourth-order valence-electron chi connectivity index (χ4n) is 3.25. The summed E-state index contributed by atoms with van der Waals surface area (Å²) in [7, 11) is 1.55. The number of rotatable bonds is 7. The van der Waals surface area contributed by atoms with Crippen LogP contribution in [-0.2, 0) is 11.2 Å². The van der Waals surface area contributed by atoms with Crippen LogP contribution in [0, 0.1) is 0 Å². The molecule has 1 atom stereocenters. The van der Waals surface area contributed by atoms with E-state index in [4.69, 9.17) is 9.72 Å². The number of carbonyl (C=O) groups excluding carboxylic acids is 2. The summed E-state index contributed by atoms with van der Waals surface area (Å²) >= 11 is 1.64. The van der Waals surface area contributed by atoms with Gasteiger partial charge in [-0.05, 0) is 18.9 Å². The summed E-state index contributed by atoms with van der Waals surface area (Å²) in [5.74, 6) is 0.815. The van der Waals surface area contributed by atoms with Crippen molar-refractivity contribution in [1.82, 2.24) is 20.2 Å². The van der Waals surface area contributed by atoms with Crippen molar-refractivity contribution in [2.75, 3.05) is 26.7 Å². The van der Waals surface area contributed by atoms with Crippen LogP contribution in [0.5, 0.6) is 5.88 Å². The van der Waals surface area contributed by atoms with Gasteiger partial charge in [-0.15, -0.1) is 11.3 Å². The topological polar surface area (TPSA) is 84.4 Å². The van der Waals surface area contributed by atoms with E-state index in [0.29, 0.717) is 31.0 Å². The lowest BCUT2D eigenvalue weighted by Gasteiger charge is -2.31. The number of thiazole rings is 1. The molecule has 3 heterocycles. The van der Waals surface area contributed by atoms with Crippen LogP contribution in [0.1, 0.15) is 53.2 Å². The van der Waals surface area contributed by atoms with Crippen molar-refractivity contribution in [3.8, 4) is 5.88 Å². The van der Waals surface area contributed by atoms with Gasteiger partial charge in [-0.2, -0.15) is 0 Å². The Kier molecular flexibility index (Phi) is 6.97. The Morgan fingerprint density at radius 3 is 2.96 bits per heavy atom. The third-order valence-corrected chi connectivity index (χ3v) is 5.90. The molecule has 0 radical (unpaired) electrons. The Morgan fingerprint density at radius 1 is 1.39 bits per heavy atom. The zero-order chi connectivity index (χ0) is 19.9. The van der Waals surface area contributed by atoms with Crippen LogP contribution in [0.15, 0.2) is 23.7 Å². The first kappa shape index (κ1) is 20.3. The number of aromatic nitrogens is 2. The summed E-state index contributed by atoms with van der Waals surface area (Å²) in [5.41, 5.74) is 1.58. The maximum absolute atomic E-state index is 12.8. The van der Waals surface area contributed by atoms with Crippen molar-refractivity contribution >= 4 is 23.2 Å². The molecule has 1 N–H and O–H groups in total.